The Balaban J connectivity index is 1.63. The molecule has 6 nitrogen and oxygen atoms in total. The number of ether oxygens (including phenoxy) is 2. The summed E-state index contributed by atoms with van der Waals surface area (Å²) in [5, 5.41) is 19.2. The van der Waals surface area contributed by atoms with Crippen LogP contribution >= 0.6 is 0 Å². The molecule has 0 amide bonds. The van der Waals surface area contributed by atoms with Crippen LogP contribution in [0, 0.1) is 5.92 Å². The third-order valence-corrected chi connectivity index (χ3v) is 4.78. The Morgan fingerprint density at radius 3 is 2.54 bits per heavy atom. The zero-order valence-corrected chi connectivity index (χ0v) is 13.6. The van der Waals surface area contributed by atoms with E-state index in [1.807, 2.05) is 18.2 Å². The molecule has 0 aliphatic carbocycles. The lowest BCUT2D eigenvalue weighted by Crippen LogP contribution is -2.50. The van der Waals surface area contributed by atoms with Crippen molar-refractivity contribution in [1.29, 1.82) is 0 Å². The minimum absolute atomic E-state index is 0.144. The topological polar surface area (TPSA) is 79.2 Å². The van der Waals surface area contributed by atoms with Gasteiger partial charge in [0.2, 0.25) is 6.79 Å². The standard InChI is InChI=1S/C18H23NO5/c20-17(21)18(22)6-8-19(9-7-18)11-15(16-12-23-13-24-16)10-14-4-2-1-3-5-14/h1-5,12,15,22H,6-11,13H2,(H,20,21). The fourth-order valence-electron chi connectivity index (χ4n) is 3.25. The van der Waals surface area contributed by atoms with Crippen LogP contribution in [0.15, 0.2) is 42.4 Å². The summed E-state index contributed by atoms with van der Waals surface area (Å²) in [5.41, 5.74) is -0.365. The van der Waals surface area contributed by atoms with E-state index in [1.165, 1.54) is 5.56 Å². The van der Waals surface area contributed by atoms with Crippen LogP contribution in [0.4, 0.5) is 0 Å². The van der Waals surface area contributed by atoms with Crippen LogP contribution in [0.3, 0.4) is 0 Å². The van der Waals surface area contributed by atoms with E-state index in [0.29, 0.717) is 13.1 Å². The lowest BCUT2D eigenvalue weighted by atomic mass is 9.90. The molecule has 6 heteroatoms. The zero-order valence-electron chi connectivity index (χ0n) is 13.6. The van der Waals surface area contributed by atoms with E-state index >= 15 is 0 Å². The van der Waals surface area contributed by atoms with Gasteiger partial charge in [0, 0.05) is 25.6 Å². The second-order valence-electron chi connectivity index (χ2n) is 6.47. The van der Waals surface area contributed by atoms with E-state index in [4.69, 9.17) is 14.6 Å². The molecule has 1 atom stereocenters. The van der Waals surface area contributed by atoms with Crippen molar-refractivity contribution in [2.45, 2.75) is 24.9 Å². The zero-order chi connectivity index (χ0) is 17.0. The minimum atomic E-state index is -1.59. The van der Waals surface area contributed by atoms with Crippen LogP contribution in [0.2, 0.25) is 0 Å². The van der Waals surface area contributed by atoms with Crippen molar-refractivity contribution in [3.05, 3.63) is 47.9 Å². The van der Waals surface area contributed by atoms with Gasteiger partial charge in [0.25, 0.3) is 0 Å². The Hall–Kier alpha value is -2.05. The highest BCUT2D eigenvalue weighted by Gasteiger charge is 2.40. The molecular formula is C18H23NO5. The minimum Gasteiger partial charge on any atom is -0.479 e. The molecule has 24 heavy (non-hydrogen) atoms. The second kappa shape index (κ2) is 7.23. The molecule has 0 saturated carbocycles. The van der Waals surface area contributed by atoms with Crippen LogP contribution in [0.5, 0.6) is 0 Å². The average molecular weight is 333 g/mol. The molecule has 1 fully saturated rings. The van der Waals surface area contributed by atoms with Crippen LogP contribution in [0.25, 0.3) is 0 Å². The first-order valence-corrected chi connectivity index (χ1v) is 8.23. The largest absolute Gasteiger partial charge is 0.479 e. The van der Waals surface area contributed by atoms with Gasteiger partial charge in [-0.25, -0.2) is 4.79 Å². The summed E-state index contributed by atoms with van der Waals surface area (Å²) in [6, 6.07) is 10.2. The first-order chi connectivity index (χ1) is 11.6. The van der Waals surface area contributed by atoms with E-state index < -0.39 is 11.6 Å². The van der Waals surface area contributed by atoms with Crippen molar-refractivity contribution in [3.8, 4) is 0 Å². The Bertz CT molecular complexity index is 593. The molecule has 0 radical (unpaired) electrons. The Morgan fingerprint density at radius 2 is 1.96 bits per heavy atom. The lowest BCUT2D eigenvalue weighted by molar-refractivity contribution is -0.163. The van der Waals surface area contributed by atoms with Gasteiger partial charge >= 0.3 is 5.97 Å². The fourth-order valence-corrected chi connectivity index (χ4v) is 3.25. The van der Waals surface area contributed by atoms with Crippen molar-refractivity contribution < 1.29 is 24.5 Å². The highest BCUT2D eigenvalue weighted by atomic mass is 16.7. The summed E-state index contributed by atoms with van der Waals surface area (Å²) in [5.74, 6) is -0.151. The van der Waals surface area contributed by atoms with Gasteiger partial charge in [0.1, 0.15) is 12.0 Å². The molecule has 2 aliphatic heterocycles. The number of aliphatic hydroxyl groups is 1. The molecule has 3 rings (SSSR count). The van der Waals surface area contributed by atoms with Gasteiger partial charge in [-0.3, -0.25) is 0 Å². The number of likely N-dealkylation sites (tertiary alicyclic amines) is 1. The monoisotopic (exact) mass is 333 g/mol. The molecule has 130 valence electrons. The van der Waals surface area contributed by atoms with E-state index in [1.54, 1.807) is 6.26 Å². The molecule has 2 N–H and O–H groups in total. The smallest absolute Gasteiger partial charge is 0.335 e. The third kappa shape index (κ3) is 3.88. The van der Waals surface area contributed by atoms with Crippen molar-refractivity contribution in [2.24, 2.45) is 5.92 Å². The highest BCUT2D eigenvalue weighted by molar-refractivity contribution is 5.77. The summed E-state index contributed by atoms with van der Waals surface area (Å²) in [6.07, 6.45) is 2.99. The maximum Gasteiger partial charge on any atom is 0.335 e. The molecule has 2 heterocycles. The van der Waals surface area contributed by atoms with Crippen molar-refractivity contribution in [2.75, 3.05) is 26.4 Å². The number of carbonyl (C=O) groups is 1. The molecular weight excluding hydrogens is 310 g/mol. The number of hydrogen-bond acceptors (Lipinski definition) is 5. The first kappa shape index (κ1) is 16.8. The number of hydrogen-bond donors (Lipinski definition) is 2. The van der Waals surface area contributed by atoms with Crippen molar-refractivity contribution in [1.82, 2.24) is 4.90 Å². The molecule has 1 unspecified atom stereocenters. The molecule has 2 aliphatic rings. The predicted molar refractivity (Wildman–Crippen MR) is 87.0 cm³/mol. The maximum atomic E-state index is 11.1. The summed E-state index contributed by atoms with van der Waals surface area (Å²) in [4.78, 5) is 13.3. The Labute approximate surface area is 141 Å². The SMILES string of the molecule is O=C(O)C1(O)CCN(CC(Cc2ccccc2)C2=COCO2)CC1. The van der Waals surface area contributed by atoms with Crippen molar-refractivity contribution in [3.63, 3.8) is 0 Å². The molecule has 1 aromatic rings. The van der Waals surface area contributed by atoms with E-state index in [0.717, 1.165) is 18.7 Å². The maximum absolute atomic E-state index is 11.1. The first-order valence-electron chi connectivity index (χ1n) is 8.23. The summed E-state index contributed by atoms with van der Waals surface area (Å²) >= 11 is 0. The highest BCUT2D eigenvalue weighted by Crippen LogP contribution is 2.27. The average Bonchev–Trinajstić information content (AvgIpc) is 3.12. The number of aliphatic carboxylic acids is 1. The molecule has 0 aromatic heterocycles. The van der Waals surface area contributed by atoms with Crippen LogP contribution in [-0.2, 0) is 20.7 Å². The van der Waals surface area contributed by atoms with E-state index in [-0.39, 0.29) is 25.6 Å². The van der Waals surface area contributed by atoms with Crippen LogP contribution < -0.4 is 0 Å². The predicted octanol–water partition coefficient (Wildman–Crippen LogP) is 1.60. The second-order valence-corrected chi connectivity index (χ2v) is 6.47. The Kier molecular flexibility index (Phi) is 5.06. The van der Waals surface area contributed by atoms with Gasteiger partial charge in [-0.1, -0.05) is 30.3 Å². The third-order valence-electron chi connectivity index (χ3n) is 4.78. The lowest BCUT2D eigenvalue weighted by Gasteiger charge is -2.36. The van der Waals surface area contributed by atoms with Gasteiger partial charge in [0.05, 0.1) is 0 Å². The summed E-state index contributed by atoms with van der Waals surface area (Å²) in [6.45, 7) is 2.11. The van der Waals surface area contributed by atoms with Gasteiger partial charge in [-0.05, 0) is 24.8 Å². The van der Waals surface area contributed by atoms with E-state index in [9.17, 15) is 9.90 Å². The van der Waals surface area contributed by atoms with Gasteiger partial charge in [-0.15, -0.1) is 0 Å². The number of carboxylic acid groups (broad SMARTS) is 1. The molecule has 1 saturated heterocycles. The number of nitrogens with zero attached hydrogens (tertiary/aromatic N) is 1. The summed E-state index contributed by atoms with van der Waals surface area (Å²) in [7, 11) is 0. The Morgan fingerprint density at radius 1 is 1.25 bits per heavy atom. The normalized spacial score (nSPS) is 21.5. The number of rotatable bonds is 6. The number of piperidine rings is 1. The van der Waals surface area contributed by atoms with Gasteiger partial charge in [-0.2, -0.15) is 0 Å². The van der Waals surface area contributed by atoms with Crippen molar-refractivity contribution >= 4 is 5.97 Å². The molecule has 0 spiro atoms. The van der Waals surface area contributed by atoms with E-state index in [2.05, 4.69) is 17.0 Å². The van der Waals surface area contributed by atoms with Crippen LogP contribution in [0.1, 0.15) is 18.4 Å². The van der Waals surface area contributed by atoms with Gasteiger partial charge in [0.15, 0.2) is 5.60 Å². The molecule has 0 bridgehead atoms. The fraction of sp³-hybridized carbons (Fsp3) is 0.500. The number of benzene rings is 1. The molecule has 1 aromatic carbocycles. The van der Waals surface area contributed by atoms with Gasteiger partial charge < -0.3 is 24.6 Å². The quantitative estimate of drug-likeness (QED) is 0.823. The van der Waals surface area contributed by atoms with Crippen LogP contribution in [-0.4, -0.2) is 53.1 Å². The summed E-state index contributed by atoms with van der Waals surface area (Å²) < 4.78 is 10.8. The number of carboxylic acids is 1.